The summed E-state index contributed by atoms with van der Waals surface area (Å²) in [5.74, 6) is 0.983. The number of carbonyl (C=O) groups excluding carboxylic acids is 1. The lowest BCUT2D eigenvalue weighted by molar-refractivity contribution is -0.116. The van der Waals surface area contributed by atoms with Gasteiger partial charge in [-0.1, -0.05) is 54.6 Å². The summed E-state index contributed by atoms with van der Waals surface area (Å²) in [7, 11) is 0. The fraction of sp³-hybridized carbons (Fsp3) is 0.148. The van der Waals surface area contributed by atoms with E-state index in [-0.39, 0.29) is 5.78 Å². The van der Waals surface area contributed by atoms with Gasteiger partial charge in [0, 0.05) is 17.7 Å². The normalized spacial score (nSPS) is 21.5. The Hall–Kier alpha value is -3.44. The molecule has 0 unspecified atom stereocenters. The SMILES string of the molecule is O=C1CCCC/C1=C1\SC(=Nc2ccccc2)C(=Nc2ccccc2)N1c1ccccc1. The van der Waals surface area contributed by atoms with Crippen molar-refractivity contribution in [3.8, 4) is 0 Å². The van der Waals surface area contributed by atoms with Gasteiger partial charge in [-0.3, -0.25) is 9.69 Å². The minimum atomic E-state index is 0.236. The summed E-state index contributed by atoms with van der Waals surface area (Å²) in [6.07, 6.45) is 3.39. The molecule has 1 aliphatic heterocycles. The van der Waals surface area contributed by atoms with Crippen LogP contribution in [0.4, 0.5) is 17.1 Å². The van der Waals surface area contributed by atoms with E-state index in [2.05, 4.69) is 17.0 Å². The van der Waals surface area contributed by atoms with Gasteiger partial charge in [0.05, 0.1) is 16.4 Å². The van der Waals surface area contributed by atoms with Gasteiger partial charge >= 0.3 is 0 Å². The van der Waals surface area contributed by atoms with Crippen LogP contribution in [0.2, 0.25) is 0 Å². The molecule has 0 spiro atoms. The highest BCUT2D eigenvalue weighted by Crippen LogP contribution is 2.42. The highest BCUT2D eigenvalue weighted by Gasteiger charge is 2.37. The number of hydrogen-bond donors (Lipinski definition) is 0. The van der Waals surface area contributed by atoms with Gasteiger partial charge in [-0.05, 0) is 67.4 Å². The fourth-order valence-electron chi connectivity index (χ4n) is 3.91. The van der Waals surface area contributed by atoms with Crippen molar-refractivity contribution >= 4 is 45.5 Å². The average molecular weight is 438 g/mol. The fourth-order valence-corrected chi connectivity index (χ4v) is 5.09. The number of Topliss-reactive ketones (excluding diaryl/α,β-unsaturated/α-hetero) is 1. The van der Waals surface area contributed by atoms with Crippen molar-refractivity contribution < 1.29 is 4.79 Å². The molecule has 2 fully saturated rings. The highest BCUT2D eigenvalue weighted by molar-refractivity contribution is 8.20. The molecule has 32 heavy (non-hydrogen) atoms. The Bertz CT molecular complexity index is 1200. The number of thioether (sulfide) groups is 1. The maximum Gasteiger partial charge on any atom is 0.171 e. The maximum atomic E-state index is 12.9. The lowest BCUT2D eigenvalue weighted by Crippen LogP contribution is -2.28. The molecule has 4 nitrogen and oxygen atoms in total. The Morgan fingerprint density at radius 1 is 0.688 bits per heavy atom. The number of para-hydroxylation sites is 3. The zero-order valence-corrected chi connectivity index (χ0v) is 18.5. The second kappa shape index (κ2) is 9.37. The van der Waals surface area contributed by atoms with Crippen molar-refractivity contribution in [2.75, 3.05) is 4.90 Å². The van der Waals surface area contributed by atoms with Gasteiger partial charge in [0.25, 0.3) is 0 Å². The molecular weight excluding hydrogens is 414 g/mol. The first kappa shape index (κ1) is 20.5. The zero-order chi connectivity index (χ0) is 21.8. The van der Waals surface area contributed by atoms with E-state index in [1.807, 2.05) is 78.9 Å². The Kier molecular flexibility index (Phi) is 5.99. The number of allylic oxidation sites excluding steroid dienone is 1. The lowest BCUT2D eigenvalue weighted by atomic mass is 9.94. The van der Waals surface area contributed by atoms with Gasteiger partial charge in [-0.25, -0.2) is 9.98 Å². The van der Waals surface area contributed by atoms with Crippen LogP contribution in [0.3, 0.4) is 0 Å². The van der Waals surface area contributed by atoms with Crippen LogP contribution in [-0.4, -0.2) is 16.7 Å². The predicted molar refractivity (Wildman–Crippen MR) is 134 cm³/mol. The van der Waals surface area contributed by atoms with E-state index >= 15 is 0 Å². The molecule has 3 aromatic rings. The van der Waals surface area contributed by atoms with E-state index in [0.29, 0.717) is 6.42 Å². The van der Waals surface area contributed by atoms with Gasteiger partial charge in [0.15, 0.2) is 11.6 Å². The molecule has 1 heterocycles. The van der Waals surface area contributed by atoms with Crippen LogP contribution in [0.5, 0.6) is 0 Å². The third-order valence-electron chi connectivity index (χ3n) is 5.47. The van der Waals surface area contributed by atoms with E-state index < -0.39 is 0 Å². The largest absolute Gasteiger partial charge is 0.294 e. The molecule has 3 aromatic carbocycles. The van der Waals surface area contributed by atoms with Crippen molar-refractivity contribution in [3.05, 3.63) is 102 Å². The van der Waals surface area contributed by atoms with Gasteiger partial charge in [0.2, 0.25) is 0 Å². The molecule has 2 aliphatic rings. The third-order valence-corrected chi connectivity index (χ3v) is 6.56. The first-order valence-corrected chi connectivity index (χ1v) is 11.7. The van der Waals surface area contributed by atoms with Gasteiger partial charge < -0.3 is 0 Å². The smallest absolute Gasteiger partial charge is 0.171 e. The number of carbonyl (C=O) groups is 1. The molecule has 1 aliphatic carbocycles. The number of nitrogens with zero attached hydrogens (tertiary/aromatic N) is 3. The van der Waals surface area contributed by atoms with E-state index in [1.165, 1.54) is 0 Å². The number of anilines is 1. The van der Waals surface area contributed by atoms with E-state index in [4.69, 9.17) is 9.98 Å². The van der Waals surface area contributed by atoms with Gasteiger partial charge in [-0.2, -0.15) is 0 Å². The number of benzene rings is 3. The summed E-state index contributed by atoms with van der Waals surface area (Å²) >= 11 is 1.55. The lowest BCUT2D eigenvalue weighted by Gasteiger charge is -2.23. The second-order valence-corrected chi connectivity index (χ2v) is 8.69. The average Bonchev–Trinajstić information content (AvgIpc) is 3.18. The van der Waals surface area contributed by atoms with E-state index in [9.17, 15) is 4.79 Å². The monoisotopic (exact) mass is 437 g/mol. The van der Waals surface area contributed by atoms with Crippen LogP contribution in [-0.2, 0) is 4.79 Å². The van der Waals surface area contributed by atoms with Gasteiger partial charge in [0.1, 0.15) is 5.04 Å². The molecule has 0 atom stereocenters. The Morgan fingerprint density at radius 2 is 1.25 bits per heavy atom. The molecule has 5 rings (SSSR count). The molecule has 0 amide bonds. The minimum absolute atomic E-state index is 0.236. The van der Waals surface area contributed by atoms with Crippen molar-refractivity contribution in [3.63, 3.8) is 0 Å². The van der Waals surface area contributed by atoms with E-state index in [1.54, 1.807) is 11.8 Å². The summed E-state index contributed by atoms with van der Waals surface area (Å²) < 4.78 is 0. The Labute approximate surface area is 192 Å². The minimum Gasteiger partial charge on any atom is -0.294 e. The first-order valence-electron chi connectivity index (χ1n) is 10.9. The maximum absolute atomic E-state index is 12.9. The second-order valence-electron chi connectivity index (χ2n) is 7.71. The Balaban J connectivity index is 1.72. The van der Waals surface area contributed by atoms with Crippen LogP contribution in [0.25, 0.3) is 0 Å². The van der Waals surface area contributed by atoms with E-state index in [0.717, 1.165) is 57.8 Å². The van der Waals surface area contributed by atoms with Crippen molar-refractivity contribution in [2.24, 2.45) is 9.98 Å². The first-order chi connectivity index (χ1) is 15.8. The summed E-state index contributed by atoms with van der Waals surface area (Å²) in [5.41, 5.74) is 3.59. The Morgan fingerprint density at radius 3 is 1.88 bits per heavy atom. The molecular formula is C27H23N3OS. The number of ketones is 1. The van der Waals surface area contributed by atoms with Crippen LogP contribution in [0.15, 0.2) is 112 Å². The molecule has 0 radical (unpaired) electrons. The third kappa shape index (κ3) is 4.30. The molecule has 0 aromatic heterocycles. The number of hydrogen-bond acceptors (Lipinski definition) is 4. The van der Waals surface area contributed by atoms with Crippen LogP contribution < -0.4 is 4.90 Å². The standard InChI is InChI=1S/C27H23N3OS/c31-24-19-11-10-18-23(24)27-30(22-16-8-3-9-17-22)25(28-20-12-4-1-5-13-20)26(32-27)29-21-14-6-2-7-15-21/h1-9,12-17H,10-11,18-19H2/b27-23+,28-25?,29-26?. The topological polar surface area (TPSA) is 45.0 Å². The van der Waals surface area contributed by atoms with Gasteiger partial charge in [-0.15, -0.1) is 0 Å². The zero-order valence-electron chi connectivity index (χ0n) is 17.6. The summed E-state index contributed by atoms with van der Waals surface area (Å²) in [6, 6.07) is 29.9. The number of aliphatic imine (C=N–C) groups is 2. The summed E-state index contributed by atoms with van der Waals surface area (Å²) in [6.45, 7) is 0. The molecule has 0 bridgehead atoms. The summed E-state index contributed by atoms with van der Waals surface area (Å²) in [4.78, 5) is 25.0. The van der Waals surface area contributed by atoms with Crippen molar-refractivity contribution in [2.45, 2.75) is 25.7 Å². The molecule has 1 saturated heterocycles. The highest BCUT2D eigenvalue weighted by atomic mass is 32.2. The van der Waals surface area contributed by atoms with Crippen LogP contribution >= 0.6 is 11.8 Å². The van der Waals surface area contributed by atoms with Crippen molar-refractivity contribution in [1.29, 1.82) is 0 Å². The predicted octanol–water partition coefficient (Wildman–Crippen LogP) is 7.05. The quantitative estimate of drug-likeness (QED) is 0.412. The van der Waals surface area contributed by atoms with Crippen molar-refractivity contribution in [1.82, 2.24) is 0 Å². The molecule has 1 saturated carbocycles. The summed E-state index contributed by atoms with van der Waals surface area (Å²) in [5, 5.41) is 1.73. The molecule has 0 N–H and O–H groups in total. The van der Waals surface area contributed by atoms with Crippen LogP contribution in [0, 0.1) is 0 Å². The molecule has 5 heteroatoms. The number of amidine groups is 1. The number of rotatable bonds is 3. The van der Waals surface area contributed by atoms with Crippen LogP contribution in [0.1, 0.15) is 25.7 Å². The molecule has 158 valence electrons.